The zero-order valence-corrected chi connectivity index (χ0v) is 61.9. The summed E-state index contributed by atoms with van der Waals surface area (Å²) >= 11 is 0. The summed E-state index contributed by atoms with van der Waals surface area (Å²) in [7, 11) is 8.20. The lowest BCUT2D eigenvalue weighted by Crippen LogP contribution is -2.19. The Morgan fingerprint density at radius 1 is 0.420 bits per heavy atom. The normalized spacial score (nSPS) is 11.8. The van der Waals surface area contributed by atoms with Gasteiger partial charge >= 0.3 is 11.9 Å². The molecule has 12 heteroatoms. The molecule has 3 unspecified atom stereocenters. The molecule has 0 radical (unpaired) electrons. The van der Waals surface area contributed by atoms with Crippen LogP contribution in [0.2, 0.25) is 0 Å². The lowest BCUT2D eigenvalue weighted by molar-refractivity contribution is -0.146. The standard InChI is InChI=1S/C22H36O3.C18H28O3.C15H25OP.C14H23OP.C6H7OP.CH4/c1-20(2,3)14-25-18(23)11-10-15-12-16(21(4,5)6)19(24)17(13-15)22(7,8)9;1-17(2,3)13-10-12(8-9-15(19)21-7)11-14(16(13)20)18(4,5)6;1-2-3-4-5-6-7-8-9-14-10-12-15(16-17)13-11-14;1-13(2,3)10-7-8-12(15-16)11(9-10)14(4,5)6;8-7-6-4-2-1-3-5-6;/h12-13,24H,10-11,14H2,1-9H3;10-11,20H,8-9H2,1-7H3;10-13H,2-9,17H2,1H3;7-9H,16H2,1-6H3;1-5H,8H2;1H4. The van der Waals surface area contributed by atoms with Gasteiger partial charge in [-0.3, -0.25) is 9.59 Å². The molecule has 5 aromatic carbocycles. The van der Waals surface area contributed by atoms with Crippen molar-refractivity contribution in [1.82, 2.24) is 0 Å². The molecule has 0 heterocycles. The number of unbranched alkanes of at least 4 members (excludes halogenated alkanes) is 6. The molecule has 9 nitrogen and oxygen atoms in total. The maximum Gasteiger partial charge on any atom is 0.306 e. The molecule has 0 fully saturated rings. The van der Waals surface area contributed by atoms with Crippen molar-refractivity contribution in [2.75, 3.05) is 13.7 Å². The third-order valence-electron chi connectivity index (χ3n) is 14.5. The van der Waals surface area contributed by atoms with Crippen molar-refractivity contribution < 1.29 is 42.8 Å². The van der Waals surface area contributed by atoms with Crippen LogP contribution in [0.5, 0.6) is 28.7 Å². The number of carbonyl (C=O) groups is 2. The molecule has 2 N–H and O–H groups in total. The first-order chi connectivity index (χ1) is 40.0. The minimum absolute atomic E-state index is 0. The fourth-order valence-corrected chi connectivity index (χ4v) is 9.65. The van der Waals surface area contributed by atoms with Gasteiger partial charge in [0.2, 0.25) is 0 Å². The second kappa shape index (κ2) is 38.2. The number of aromatic hydroxyl groups is 2. The Bertz CT molecular complexity index is 2720. The number of para-hydroxylation sites is 1. The maximum atomic E-state index is 12.0. The summed E-state index contributed by atoms with van der Waals surface area (Å²) in [5, 5.41) is 21.4. The zero-order valence-electron chi connectivity index (χ0n) is 58.4. The van der Waals surface area contributed by atoms with Crippen molar-refractivity contribution in [2.45, 2.75) is 269 Å². The molecule has 88 heavy (non-hydrogen) atoms. The zero-order chi connectivity index (χ0) is 66.8. The van der Waals surface area contributed by atoms with Crippen molar-refractivity contribution in [3.05, 3.63) is 147 Å². The molecule has 0 aliphatic heterocycles. The van der Waals surface area contributed by atoms with Crippen LogP contribution < -0.4 is 13.6 Å². The van der Waals surface area contributed by atoms with E-state index in [1.54, 1.807) is 0 Å². The number of methoxy groups -OCH3 is 1. The molecule has 5 aromatic rings. The fraction of sp³-hybridized carbons (Fsp3) is 0.579. The van der Waals surface area contributed by atoms with E-state index < -0.39 is 0 Å². The summed E-state index contributed by atoms with van der Waals surface area (Å²) in [6, 6.07) is 32.5. The van der Waals surface area contributed by atoms with Gasteiger partial charge in [0.1, 0.15) is 28.7 Å². The second-order valence-corrected chi connectivity index (χ2v) is 31.0. The number of esters is 2. The molecule has 0 aromatic heterocycles. The minimum Gasteiger partial charge on any atom is -0.507 e. The Morgan fingerprint density at radius 3 is 1.15 bits per heavy atom. The van der Waals surface area contributed by atoms with Gasteiger partial charge in [-0.05, 0) is 138 Å². The Labute approximate surface area is 544 Å². The van der Waals surface area contributed by atoms with Crippen LogP contribution in [0.3, 0.4) is 0 Å². The first-order valence-electron chi connectivity index (χ1n) is 31.4. The number of carbonyl (C=O) groups excluding carboxylic acids is 2. The average Bonchev–Trinajstić information content (AvgIpc) is 2.13. The Hall–Kier alpha value is -4.67. The summed E-state index contributed by atoms with van der Waals surface area (Å²) in [6.07, 6.45) is 12.8. The largest absolute Gasteiger partial charge is 0.507 e. The SMILES string of the molecule is C.CC(C)(C)COC(=O)CCc1cc(C(C)(C)C)c(O)c(C(C)(C)C)c1.CC(C)(C)c1ccc(OP)c(C(C)(C)C)c1.CCCCCCCCCc1ccc(OP)cc1.COC(=O)CCc1cc(C(C)(C)C)c(O)c(C(C)(C)C)c1.POc1ccccc1. The highest BCUT2D eigenvalue weighted by Crippen LogP contribution is 2.42. The molecule has 3 atom stereocenters. The van der Waals surface area contributed by atoms with E-state index in [9.17, 15) is 19.8 Å². The van der Waals surface area contributed by atoms with E-state index >= 15 is 0 Å². The van der Waals surface area contributed by atoms with E-state index in [1.165, 1.54) is 75.2 Å². The van der Waals surface area contributed by atoms with Gasteiger partial charge in [0, 0.05) is 18.4 Å². The van der Waals surface area contributed by atoms with Crippen LogP contribution in [-0.4, -0.2) is 35.9 Å². The monoisotopic (exact) mass is 1270 g/mol. The molecular formula is C76H123O9P3. The second-order valence-electron chi connectivity index (χ2n) is 30.3. The number of aryl methyl sites for hydroxylation is 3. The first kappa shape index (κ1) is 83.3. The van der Waals surface area contributed by atoms with Crippen molar-refractivity contribution in [3.63, 3.8) is 0 Å². The minimum atomic E-state index is -0.210. The predicted molar refractivity (Wildman–Crippen MR) is 386 cm³/mol. The Balaban J connectivity index is 0.00000111. The van der Waals surface area contributed by atoms with E-state index in [0.29, 0.717) is 43.8 Å². The Kier molecular flexibility index (Phi) is 36.2. The van der Waals surface area contributed by atoms with Crippen LogP contribution in [-0.2, 0) is 70.8 Å². The van der Waals surface area contributed by atoms with Gasteiger partial charge in [-0.15, -0.1) is 0 Å². The van der Waals surface area contributed by atoms with Gasteiger partial charge in [-0.2, -0.15) is 0 Å². The lowest BCUT2D eigenvalue weighted by Gasteiger charge is -2.28. The van der Waals surface area contributed by atoms with E-state index in [4.69, 9.17) is 23.0 Å². The highest BCUT2D eigenvalue weighted by Gasteiger charge is 2.29. The topological polar surface area (TPSA) is 121 Å². The Morgan fingerprint density at radius 2 is 0.807 bits per heavy atom. The van der Waals surface area contributed by atoms with Crippen LogP contribution in [0.15, 0.2) is 97.1 Å². The molecule has 496 valence electrons. The van der Waals surface area contributed by atoms with Gasteiger partial charge in [-0.1, -0.05) is 265 Å². The predicted octanol–water partition coefficient (Wildman–Crippen LogP) is 21.7. The number of phenolic OH excluding ortho intramolecular Hbond substituents is 2. The molecule has 0 spiro atoms. The third-order valence-corrected chi connectivity index (χ3v) is 15.3. The maximum absolute atomic E-state index is 12.0. The van der Waals surface area contributed by atoms with Crippen LogP contribution in [0.1, 0.15) is 268 Å². The third kappa shape index (κ3) is 32.4. The number of hydrogen-bond acceptors (Lipinski definition) is 9. The van der Waals surface area contributed by atoms with Crippen LogP contribution in [0.25, 0.3) is 0 Å². The quantitative estimate of drug-likeness (QED) is 0.0502. The van der Waals surface area contributed by atoms with E-state index in [1.807, 2.05) is 87.5 Å². The molecule has 5 rings (SSSR count). The smallest absolute Gasteiger partial charge is 0.306 e. The van der Waals surface area contributed by atoms with Crippen molar-refractivity contribution >= 4 is 40.3 Å². The van der Waals surface area contributed by atoms with E-state index in [-0.39, 0.29) is 57.3 Å². The molecule has 0 aliphatic rings. The van der Waals surface area contributed by atoms with Gasteiger partial charge < -0.3 is 33.3 Å². The fourth-order valence-electron chi connectivity index (χ4n) is 9.13. The van der Waals surface area contributed by atoms with Crippen LogP contribution in [0, 0.1) is 5.41 Å². The van der Waals surface area contributed by atoms with Crippen LogP contribution in [0.4, 0.5) is 0 Å². The van der Waals surface area contributed by atoms with Crippen molar-refractivity contribution in [3.8, 4) is 28.7 Å². The van der Waals surface area contributed by atoms with E-state index in [0.717, 1.165) is 50.6 Å². The number of benzene rings is 5. The molecule has 0 bridgehead atoms. The molecular weight excluding hydrogens is 1150 g/mol. The summed E-state index contributed by atoms with van der Waals surface area (Å²) in [5.74, 6) is 3.10. The van der Waals surface area contributed by atoms with Gasteiger partial charge in [0.25, 0.3) is 0 Å². The average molecular weight is 1270 g/mol. The van der Waals surface area contributed by atoms with Gasteiger partial charge in [-0.25, -0.2) is 0 Å². The number of phenols is 2. The lowest BCUT2D eigenvalue weighted by atomic mass is 9.78. The van der Waals surface area contributed by atoms with E-state index in [2.05, 4.69) is 190 Å². The summed E-state index contributed by atoms with van der Waals surface area (Å²) in [6.45, 7) is 47.2. The highest BCUT2D eigenvalue weighted by molar-refractivity contribution is 7.10. The number of ether oxygens (including phenoxy) is 2. The molecule has 0 saturated heterocycles. The van der Waals surface area contributed by atoms with Gasteiger partial charge in [0.05, 0.1) is 42.1 Å². The first-order valence-corrected chi connectivity index (χ1v) is 32.8. The van der Waals surface area contributed by atoms with Gasteiger partial charge in [0.15, 0.2) is 0 Å². The summed E-state index contributed by atoms with van der Waals surface area (Å²) in [4.78, 5) is 23.4. The molecule has 0 amide bonds. The summed E-state index contributed by atoms with van der Waals surface area (Å²) < 4.78 is 25.3. The molecule has 0 saturated carbocycles. The van der Waals surface area contributed by atoms with Crippen molar-refractivity contribution in [1.29, 1.82) is 0 Å². The van der Waals surface area contributed by atoms with Crippen LogP contribution >= 0.6 is 28.4 Å². The number of hydrogen-bond donors (Lipinski definition) is 2. The molecule has 0 aliphatic carbocycles. The van der Waals surface area contributed by atoms with Crippen molar-refractivity contribution in [2.24, 2.45) is 5.41 Å². The number of rotatable bonds is 18. The highest BCUT2D eigenvalue weighted by atomic mass is 31.0. The summed E-state index contributed by atoms with van der Waals surface area (Å²) in [5.41, 5.74) is 9.52.